The highest BCUT2D eigenvalue weighted by Crippen LogP contribution is 2.33. The molecule has 0 saturated carbocycles. The van der Waals surface area contributed by atoms with Crippen molar-refractivity contribution in [2.24, 2.45) is 0 Å². The first kappa shape index (κ1) is 15.9. The molecule has 0 unspecified atom stereocenters. The maximum atomic E-state index is 12.4. The Hall–Kier alpha value is -2.62. The predicted octanol–water partition coefficient (Wildman–Crippen LogP) is 3.14. The van der Waals surface area contributed by atoms with Crippen LogP contribution in [0.2, 0.25) is 0 Å². The van der Waals surface area contributed by atoms with Gasteiger partial charge in [0.05, 0.1) is 5.69 Å². The van der Waals surface area contributed by atoms with Crippen molar-refractivity contribution in [1.82, 2.24) is 9.97 Å². The Morgan fingerprint density at radius 1 is 1.28 bits per heavy atom. The molecule has 4 rings (SSSR count). The van der Waals surface area contributed by atoms with Gasteiger partial charge in [-0.1, -0.05) is 38.1 Å². The van der Waals surface area contributed by atoms with Crippen LogP contribution in [0.3, 0.4) is 0 Å². The van der Waals surface area contributed by atoms with Crippen LogP contribution >= 0.6 is 0 Å². The number of nitrogens with one attached hydrogen (secondary N) is 2. The molecule has 3 heterocycles. The van der Waals surface area contributed by atoms with E-state index in [0.717, 1.165) is 42.0 Å². The van der Waals surface area contributed by atoms with Gasteiger partial charge in [0.2, 0.25) is 5.69 Å². The highest BCUT2D eigenvalue weighted by molar-refractivity contribution is 5.85. The topological polar surface area (TPSA) is 52.5 Å². The van der Waals surface area contributed by atoms with Gasteiger partial charge >= 0.3 is 5.56 Å². The molecule has 4 nitrogen and oxygen atoms in total. The number of H-pyrrole nitrogens is 2. The minimum absolute atomic E-state index is 0.0550. The molecule has 25 heavy (non-hydrogen) atoms. The van der Waals surface area contributed by atoms with Gasteiger partial charge < -0.3 is 9.97 Å². The van der Waals surface area contributed by atoms with Crippen molar-refractivity contribution in [2.45, 2.75) is 45.1 Å². The van der Waals surface area contributed by atoms with Gasteiger partial charge in [-0.05, 0) is 11.6 Å². The number of aromatic nitrogens is 3. The SMILES string of the molecule is C=CC(C)(C)c1[nH]c2ccccc2c1Cc1c[n+]2c(c(=O)[nH]1)CCC2. The van der Waals surface area contributed by atoms with Gasteiger partial charge in [0, 0.05) is 41.3 Å². The lowest BCUT2D eigenvalue weighted by Gasteiger charge is -2.20. The van der Waals surface area contributed by atoms with E-state index in [2.05, 4.69) is 59.4 Å². The Kier molecular flexibility index (Phi) is 3.64. The molecule has 0 spiro atoms. The van der Waals surface area contributed by atoms with Crippen LogP contribution in [-0.2, 0) is 24.8 Å². The molecular formula is C21H24N3O+. The first-order valence-electron chi connectivity index (χ1n) is 8.88. The van der Waals surface area contributed by atoms with E-state index in [1.54, 1.807) is 0 Å². The first-order valence-corrected chi connectivity index (χ1v) is 8.88. The van der Waals surface area contributed by atoms with Crippen LogP contribution in [0.25, 0.3) is 10.9 Å². The molecule has 0 atom stereocenters. The minimum atomic E-state index is -0.168. The van der Waals surface area contributed by atoms with Crippen LogP contribution in [0, 0.1) is 0 Å². The monoisotopic (exact) mass is 334 g/mol. The molecular weight excluding hydrogens is 310 g/mol. The molecule has 1 aliphatic rings. The molecule has 3 aromatic rings. The highest BCUT2D eigenvalue weighted by Gasteiger charge is 2.27. The molecule has 0 aliphatic carbocycles. The van der Waals surface area contributed by atoms with E-state index in [-0.39, 0.29) is 11.0 Å². The Morgan fingerprint density at radius 3 is 2.88 bits per heavy atom. The zero-order chi connectivity index (χ0) is 17.6. The molecule has 0 fully saturated rings. The lowest BCUT2D eigenvalue weighted by Crippen LogP contribution is -2.40. The lowest BCUT2D eigenvalue weighted by atomic mass is 9.85. The van der Waals surface area contributed by atoms with E-state index in [4.69, 9.17) is 0 Å². The molecule has 2 aromatic heterocycles. The summed E-state index contributed by atoms with van der Waals surface area (Å²) in [4.78, 5) is 19.0. The second kappa shape index (κ2) is 5.73. The van der Waals surface area contributed by atoms with Gasteiger partial charge in [0.1, 0.15) is 6.54 Å². The van der Waals surface area contributed by atoms with Gasteiger partial charge in [0.15, 0.2) is 6.20 Å². The Morgan fingerprint density at radius 2 is 2.08 bits per heavy atom. The summed E-state index contributed by atoms with van der Waals surface area (Å²) in [5, 5.41) is 1.21. The van der Waals surface area contributed by atoms with Gasteiger partial charge in [-0.25, -0.2) is 0 Å². The van der Waals surface area contributed by atoms with E-state index in [0.29, 0.717) is 6.42 Å². The number of benzene rings is 1. The van der Waals surface area contributed by atoms with Crippen LogP contribution in [0.15, 0.2) is 47.9 Å². The zero-order valence-electron chi connectivity index (χ0n) is 14.9. The van der Waals surface area contributed by atoms with Crippen molar-refractivity contribution in [3.63, 3.8) is 0 Å². The fraction of sp³-hybridized carbons (Fsp3) is 0.333. The van der Waals surface area contributed by atoms with Crippen LogP contribution in [0.1, 0.15) is 42.9 Å². The molecule has 0 bridgehead atoms. The van der Waals surface area contributed by atoms with Crippen molar-refractivity contribution in [3.8, 4) is 0 Å². The number of aryl methyl sites for hydroxylation is 1. The summed E-state index contributed by atoms with van der Waals surface area (Å²) in [6, 6.07) is 8.34. The minimum Gasteiger partial charge on any atom is -0.357 e. The Bertz CT molecular complexity index is 1020. The summed E-state index contributed by atoms with van der Waals surface area (Å²) in [5.74, 6) is 0. The highest BCUT2D eigenvalue weighted by atomic mass is 16.1. The first-order chi connectivity index (χ1) is 12.0. The molecule has 1 aliphatic heterocycles. The lowest BCUT2D eigenvalue weighted by molar-refractivity contribution is -0.692. The standard InChI is InChI=1S/C21H23N3O/c1-4-21(2,3)19-16(15-8-5-6-9-17(15)23-19)12-14-13-24-11-7-10-18(24)20(25)22-14/h4-6,8-9,13,23H,1,7,10-12H2,2-3H3/p+1. The normalized spacial score (nSPS) is 14.0. The molecule has 0 saturated heterocycles. The quantitative estimate of drug-likeness (QED) is 0.559. The van der Waals surface area contributed by atoms with Crippen molar-refractivity contribution < 1.29 is 4.57 Å². The van der Waals surface area contributed by atoms with Crippen LogP contribution < -0.4 is 10.1 Å². The maximum absolute atomic E-state index is 12.4. The predicted molar refractivity (Wildman–Crippen MR) is 99.9 cm³/mol. The third kappa shape index (κ3) is 2.62. The summed E-state index contributed by atoms with van der Waals surface area (Å²) in [5.41, 5.74) is 5.26. The Balaban J connectivity index is 1.87. The van der Waals surface area contributed by atoms with Crippen molar-refractivity contribution >= 4 is 10.9 Å². The van der Waals surface area contributed by atoms with Gasteiger partial charge in [-0.3, -0.25) is 4.79 Å². The smallest absolute Gasteiger partial charge is 0.315 e. The summed E-state index contributed by atoms with van der Waals surface area (Å²) in [6.45, 7) is 9.26. The van der Waals surface area contributed by atoms with Crippen molar-refractivity contribution in [2.75, 3.05) is 0 Å². The molecule has 1 aromatic carbocycles. The maximum Gasteiger partial charge on any atom is 0.315 e. The summed E-state index contributed by atoms with van der Waals surface area (Å²) in [7, 11) is 0. The number of rotatable bonds is 4. The van der Waals surface area contributed by atoms with Crippen LogP contribution in [-0.4, -0.2) is 9.97 Å². The molecule has 128 valence electrons. The van der Waals surface area contributed by atoms with E-state index >= 15 is 0 Å². The van der Waals surface area contributed by atoms with E-state index in [1.165, 1.54) is 10.9 Å². The number of hydrogen-bond donors (Lipinski definition) is 2. The van der Waals surface area contributed by atoms with E-state index in [1.807, 2.05) is 12.1 Å². The van der Waals surface area contributed by atoms with Crippen LogP contribution in [0.4, 0.5) is 0 Å². The average molecular weight is 334 g/mol. The van der Waals surface area contributed by atoms with Crippen molar-refractivity contribution in [1.29, 1.82) is 0 Å². The Labute approximate surface area is 147 Å². The van der Waals surface area contributed by atoms with E-state index in [9.17, 15) is 4.79 Å². The molecule has 2 N–H and O–H groups in total. The number of aromatic amines is 2. The fourth-order valence-corrected chi connectivity index (χ4v) is 3.84. The van der Waals surface area contributed by atoms with Crippen molar-refractivity contribution in [3.05, 3.63) is 76.1 Å². The third-order valence-electron chi connectivity index (χ3n) is 5.34. The van der Waals surface area contributed by atoms with E-state index < -0.39 is 0 Å². The van der Waals surface area contributed by atoms with Gasteiger partial charge in [-0.2, -0.15) is 4.57 Å². The zero-order valence-corrected chi connectivity index (χ0v) is 14.9. The second-order valence-corrected chi connectivity index (χ2v) is 7.48. The van der Waals surface area contributed by atoms with Gasteiger partial charge in [-0.15, -0.1) is 6.58 Å². The summed E-state index contributed by atoms with van der Waals surface area (Å²) < 4.78 is 2.11. The molecule has 0 amide bonds. The number of hydrogen-bond acceptors (Lipinski definition) is 1. The summed E-state index contributed by atoms with van der Waals surface area (Å²) in [6.07, 6.45) is 6.70. The molecule has 0 radical (unpaired) electrons. The fourth-order valence-electron chi connectivity index (χ4n) is 3.84. The second-order valence-electron chi connectivity index (χ2n) is 7.48. The number of para-hydroxylation sites is 1. The summed E-state index contributed by atoms with van der Waals surface area (Å²) >= 11 is 0. The van der Waals surface area contributed by atoms with Crippen LogP contribution in [0.5, 0.6) is 0 Å². The molecule has 4 heteroatoms. The number of fused-ring (bicyclic) bond motifs is 2. The largest absolute Gasteiger partial charge is 0.357 e. The third-order valence-corrected chi connectivity index (χ3v) is 5.34. The van der Waals surface area contributed by atoms with Gasteiger partial charge in [0.25, 0.3) is 0 Å². The average Bonchev–Trinajstić information content (AvgIpc) is 3.21. The number of allylic oxidation sites excluding steroid dienone is 1. The number of nitrogens with zero attached hydrogens (tertiary/aromatic N) is 1.